The van der Waals surface area contributed by atoms with Gasteiger partial charge in [0.15, 0.2) is 0 Å². The fourth-order valence-corrected chi connectivity index (χ4v) is 2.09. The summed E-state index contributed by atoms with van der Waals surface area (Å²) in [5, 5.41) is 12.8. The second kappa shape index (κ2) is 5.28. The molecule has 1 heterocycles. The van der Waals surface area contributed by atoms with Crippen LogP contribution in [0.2, 0.25) is 5.02 Å². The first-order chi connectivity index (χ1) is 8.97. The van der Waals surface area contributed by atoms with Gasteiger partial charge in [0, 0.05) is 16.4 Å². The molecule has 5 heteroatoms. The number of aromatic carboxylic acids is 1. The van der Waals surface area contributed by atoms with Crippen molar-refractivity contribution in [3.05, 3.63) is 52.2 Å². The van der Waals surface area contributed by atoms with E-state index < -0.39 is 5.97 Å². The number of nitrogens with one attached hydrogen (secondary N) is 1. The number of pyridine rings is 1. The van der Waals surface area contributed by atoms with Crippen LogP contribution in [0.15, 0.2) is 30.3 Å². The Labute approximate surface area is 116 Å². The molecule has 2 N–H and O–H groups in total. The number of anilines is 2. The lowest BCUT2D eigenvalue weighted by Gasteiger charge is -2.12. The number of aromatic nitrogens is 1. The number of hydrogen-bond donors (Lipinski definition) is 2. The molecule has 0 spiro atoms. The maximum Gasteiger partial charge on any atom is 0.339 e. The highest BCUT2D eigenvalue weighted by molar-refractivity contribution is 6.30. The second-order valence-electron chi connectivity index (χ2n) is 4.24. The van der Waals surface area contributed by atoms with Crippen LogP contribution in [-0.4, -0.2) is 16.1 Å². The van der Waals surface area contributed by atoms with Crippen LogP contribution < -0.4 is 5.32 Å². The predicted octanol–water partition coefficient (Wildman–Crippen LogP) is 3.79. The van der Waals surface area contributed by atoms with E-state index in [1.54, 1.807) is 37.3 Å². The number of halogens is 1. The van der Waals surface area contributed by atoms with E-state index in [-0.39, 0.29) is 5.56 Å². The molecular weight excluding hydrogens is 264 g/mol. The summed E-state index contributed by atoms with van der Waals surface area (Å²) in [5.41, 5.74) is 2.30. The highest BCUT2D eigenvalue weighted by Crippen LogP contribution is 2.24. The summed E-state index contributed by atoms with van der Waals surface area (Å²) in [7, 11) is 0. The maximum atomic E-state index is 11.3. The standard InChI is InChI=1S/C14H13ClN2O2/c1-8-6-9(2)16-13(12(8)14(18)19)17-11-5-3-4-10(15)7-11/h3-7H,1-2H3,(H,16,17)(H,18,19). The number of nitrogens with zero attached hydrogens (tertiary/aromatic N) is 1. The number of carbonyl (C=O) groups is 1. The molecule has 0 atom stereocenters. The van der Waals surface area contributed by atoms with Crippen LogP contribution >= 0.6 is 11.6 Å². The number of rotatable bonds is 3. The summed E-state index contributed by atoms with van der Waals surface area (Å²) in [5.74, 6) is -0.679. The first kappa shape index (κ1) is 13.4. The molecule has 0 aliphatic rings. The Morgan fingerprint density at radius 1 is 1.32 bits per heavy atom. The molecule has 19 heavy (non-hydrogen) atoms. The van der Waals surface area contributed by atoms with Gasteiger partial charge in [-0.3, -0.25) is 0 Å². The third kappa shape index (κ3) is 3.03. The van der Waals surface area contributed by atoms with Crippen molar-refractivity contribution in [3.8, 4) is 0 Å². The monoisotopic (exact) mass is 276 g/mol. The van der Waals surface area contributed by atoms with E-state index >= 15 is 0 Å². The van der Waals surface area contributed by atoms with Crippen molar-refractivity contribution in [2.24, 2.45) is 0 Å². The summed E-state index contributed by atoms with van der Waals surface area (Å²) in [6.07, 6.45) is 0. The van der Waals surface area contributed by atoms with E-state index in [4.69, 9.17) is 11.6 Å². The van der Waals surface area contributed by atoms with Crippen LogP contribution in [0, 0.1) is 13.8 Å². The van der Waals surface area contributed by atoms with Gasteiger partial charge < -0.3 is 10.4 Å². The highest BCUT2D eigenvalue weighted by atomic mass is 35.5. The predicted molar refractivity (Wildman–Crippen MR) is 75.4 cm³/mol. The van der Waals surface area contributed by atoms with Crippen LogP contribution in [0.4, 0.5) is 11.5 Å². The van der Waals surface area contributed by atoms with Gasteiger partial charge >= 0.3 is 5.97 Å². The first-order valence-electron chi connectivity index (χ1n) is 5.71. The van der Waals surface area contributed by atoms with Crippen LogP contribution in [0.1, 0.15) is 21.6 Å². The summed E-state index contributed by atoms with van der Waals surface area (Å²) < 4.78 is 0. The van der Waals surface area contributed by atoms with E-state index in [1.165, 1.54) is 0 Å². The third-order valence-electron chi connectivity index (χ3n) is 2.65. The zero-order valence-electron chi connectivity index (χ0n) is 10.6. The van der Waals surface area contributed by atoms with E-state index in [2.05, 4.69) is 10.3 Å². The Balaban J connectivity index is 2.47. The smallest absolute Gasteiger partial charge is 0.339 e. The molecule has 0 aliphatic carbocycles. The average Bonchev–Trinajstić information content (AvgIpc) is 2.26. The molecule has 0 amide bonds. The molecule has 0 saturated heterocycles. The number of hydrogen-bond acceptors (Lipinski definition) is 3. The number of benzene rings is 1. The molecule has 1 aromatic heterocycles. The van der Waals surface area contributed by atoms with Gasteiger partial charge in [0.25, 0.3) is 0 Å². The molecule has 0 unspecified atom stereocenters. The minimum atomic E-state index is -1.01. The minimum absolute atomic E-state index is 0.172. The van der Waals surface area contributed by atoms with E-state index in [0.29, 0.717) is 22.1 Å². The van der Waals surface area contributed by atoms with Crippen LogP contribution in [0.3, 0.4) is 0 Å². The van der Waals surface area contributed by atoms with E-state index in [9.17, 15) is 9.90 Å². The van der Waals surface area contributed by atoms with Crippen molar-refractivity contribution in [3.63, 3.8) is 0 Å². The lowest BCUT2D eigenvalue weighted by Crippen LogP contribution is -2.08. The Morgan fingerprint density at radius 3 is 2.68 bits per heavy atom. The van der Waals surface area contributed by atoms with Gasteiger partial charge in [-0.05, 0) is 43.7 Å². The topological polar surface area (TPSA) is 62.2 Å². The van der Waals surface area contributed by atoms with Gasteiger partial charge in [-0.15, -0.1) is 0 Å². The van der Waals surface area contributed by atoms with Gasteiger partial charge in [0.1, 0.15) is 11.4 Å². The third-order valence-corrected chi connectivity index (χ3v) is 2.88. The average molecular weight is 277 g/mol. The molecule has 4 nitrogen and oxygen atoms in total. The number of carboxylic acid groups (broad SMARTS) is 1. The fourth-order valence-electron chi connectivity index (χ4n) is 1.90. The van der Waals surface area contributed by atoms with Crippen molar-refractivity contribution < 1.29 is 9.90 Å². The minimum Gasteiger partial charge on any atom is -0.478 e. The summed E-state index contributed by atoms with van der Waals surface area (Å²) >= 11 is 5.90. The van der Waals surface area contributed by atoms with Crippen molar-refractivity contribution in [2.45, 2.75) is 13.8 Å². The molecule has 2 rings (SSSR count). The lowest BCUT2D eigenvalue weighted by molar-refractivity contribution is 0.0697. The highest BCUT2D eigenvalue weighted by Gasteiger charge is 2.15. The second-order valence-corrected chi connectivity index (χ2v) is 4.68. The molecule has 0 fully saturated rings. The Bertz CT molecular complexity index is 641. The molecule has 0 saturated carbocycles. The molecule has 0 radical (unpaired) electrons. The summed E-state index contributed by atoms with van der Waals surface area (Å²) in [6.45, 7) is 3.57. The van der Waals surface area contributed by atoms with Crippen molar-refractivity contribution in [1.29, 1.82) is 0 Å². The van der Waals surface area contributed by atoms with Crippen LogP contribution in [0.25, 0.3) is 0 Å². The SMILES string of the molecule is Cc1cc(C)c(C(=O)O)c(Nc2cccc(Cl)c2)n1. The number of aryl methyl sites for hydroxylation is 2. The van der Waals surface area contributed by atoms with E-state index in [0.717, 1.165) is 5.69 Å². The molecule has 0 bridgehead atoms. The van der Waals surface area contributed by atoms with E-state index in [1.807, 2.05) is 6.92 Å². The van der Waals surface area contributed by atoms with Crippen molar-refractivity contribution in [2.75, 3.05) is 5.32 Å². The Hall–Kier alpha value is -2.07. The van der Waals surface area contributed by atoms with Crippen LogP contribution in [0.5, 0.6) is 0 Å². The van der Waals surface area contributed by atoms with Crippen molar-refractivity contribution >= 4 is 29.1 Å². The number of carboxylic acids is 1. The zero-order valence-corrected chi connectivity index (χ0v) is 11.3. The normalized spacial score (nSPS) is 10.3. The molecular formula is C14H13ClN2O2. The van der Waals surface area contributed by atoms with Gasteiger partial charge in [-0.1, -0.05) is 17.7 Å². The summed E-state index contributed by atoms with van der Waals surface area (Å²) in [6, 6.07) is 8.80. The van der Waals surface area contributed by atoms with Gasteiger partial charge in [0.2, 0.25) is 0 Å². The summed E-state index contributed by atoms with van der Waals surface area (Å²) in [4.78, 5) is 15.6. The lowest BCUT2D eigenvalue weighted by atomic mass is 10.1. The van der Waals surface area contributed by atoms with Gasteiger partial charge in [-0.25, -0.2) is 9.78 Å². The first-order valence-corrected chi connectivity index (χ1v) is 6.09. The van der Waals surface area contributed by atoms with Gasteiger partial charge in [0.05, 0.1) is 0 Å². The van der Waals surface area contributed by atoms with Crippen molar-refractivity contribution in [1.82, 2.24) is 4.98 Å². The Kier molecular flexibility index (Phi) is 3.71. The fraction of sp³-hybridized carbons (Fsp3) is 0.143. The molecule has 2 aromatic rings. The zero-order chi connectivity index (χ0) is 14.0. The van der Waals surface area contributed by atoms with Gasteiger partial charge in [-0.2, -0.15) is 0 Å². The van der Waals surface area contributed by atoms with Crippen LogP contribution in [-0.2, 0) is 0 Å². The molecule has 1 aromatic carbocycles. The maximum absolute atomic E-state index is 11.3. The quantitative estimate of drug-likeness (QED) is 0.895. The molecule has 98 valence electrons. The molecule has 0 aliphatic heterocycles. The largest absolute Gasteiger partial charge is 0.478 e. The Morgan fingerprint density at radius 2 is 2.05 bits per heavy atom.